The first-order valence-electron chi connectivity index (χ1n) is 12.8. The first-order valence-corrected chi connectivity index (χ1v) is 12.8. The summed E-state index contributed by atoms with van der Waals surface area (Å²) in [4.78, 5) is 52.9. The molecule has 0 radical (unpaired) electrons. The van der Waals surface area contributed by atoms with Gasteiger partial charge in [0, 0.05) is 19.5 Å². The largest absolute Gasteiger partial charge is 0.444 e. The second-order valence-electron chi connectivity index (χ2n) is 10.3. The summed E-state index contributed by atoms with van der Waals surface area (Å²) in [6.45, 7) is 15.3. The Morgan fingerprint density at radius 2 is 1.73 bits per heavy atom. The summed E-state index contributed by atoms with van der Waals surface area (Å²) in [6, 6.07) is 3.61. The molecule has 0 heterocycles. The van der Waals surface area contributed by atoms with Crippen molar-refractivity contribution in [3.05, 3.63) is 47.5 Å². The van der Waals surface area contributed by atoms with E-state index in [9.17, 15) is 19.2 Å². The molecule has 2 atom stereocenters. The molecule has 0 spiro atoms. The van der Waals surface area contributed by atoms with Crippen molar-refractivity contribution in [2.24, 2.45) is 5.73 Å². The third-order valence-corrected chi connectivity index (χ3v) is 5.48. The number of rotatable bonds is 14. The molecular formula is C28H44N4O5. The standard InChI is InChI=1S/C28H44N4O5/c1-8-10-11-14-30-25(34)24(21-17-19(3)16-20(4)18-21)32(15-9-2)26(35)22(12-13-23(29)33)31-27(36)37-28(5,6)7/h9,16-18,22,24H,2,8,10-15H2,1,3-7H3,(H2,29,33)(H,30,34)(H,31,36). The monoisotopic (exact) mass is 516 g/mol. The molecule has 9 nitrogen and oxygen atoms in total. The number of primary amides is 1. The lowest BCUT2D eigenvalue weighted by molar-refractivity contribution is -0.142. The Kier molecular flexibility index (Phi) is 12.9. The molecule has 0 saturated carbocycles. The Labute approximate surface area is 221 Å². The van der Waals surface area contributed by atoms with Gasteiger partial charge < -0.3 is 26.0 Å². The molecule has 9 heteroatoms. The number of aryl methyl sites for hydroxylation is 2. The van der Waals surface area contributed by atoms with E-state index in [0.29, 0.717) is 12.1 Å². The lowest BCUT2D eigenvalue weighted by Gasteiger charge is -2.34. The first-order chi connectivity index (χ1) is 17.3. The van der Waals surface area contributed by atoms with Gasteiger partial charge in [-0.3, -0.25) is 14.4 Å². The van der Waals surface area contributed by atoms with E-state index < -0.39 is 35.6 Å². The van der Waals surface area contributed by atoms with Crippen LogP contribution in [0.3, 0.4) is 0 Å². The molecule has 1 rings (SSSR count). The normalized spacial score (nSPS) is 12.7. The fraction of sp³-hybridized carbons (Fsp3) is 0.571. The molecule has 4 amide bonds. The van der Waals surface area contributed by atoms with Crippen molar-refractivity contribution in [1.82, 2.24) is 15.5 Å². The molecule has 1 aromatic rings. The van der Waals surface area contributed by atoms with E-state index in [2.05, 4.69) is 24.1 Å². The molecule has 4 N–H and O–H groups in total. The van der Waals surface area contributed by atoms with E-state index >= 15 is 0 Å². The number of nitrogens with one attached hydrogen (secondary N) is 2. The topological polar surface area (TPSA) is 131 Å². The Morgan fingerprint density at radius 1 is 1.11 bits per heavy atom. The second-order valence-corrected chi connectivity index (χ2v) is 10.3. The fourth-order valence-corrected chi connectivity index (χ4v) is 3.98. The molecule has 0 fully saturated rings. The molecular weight excluding hydrogens is 472 g/mol. The third-order valence-electron chi connectivity index (χ3n) is 5.48. The van der Waals surface area contributed by atoms with Gasteiger partial charge in [-0.1, -0.05) is 55.2 Å². The second kappa shape index (κ2) is 15.0. The highest BCUT2D eigenvalue weighted by atomic mass is 16.6. The van der Waals surface area contributed by atoms with E-state index in [0.717, 1.165) is 30.4 Å². The highest BCUT2D eigenvalue weighted by Crippen LogP contribution is 2.25. The number of alkyl carbamates (subject to hydrolysis) is 1. The van der Waals surface area contributed by atoms with Crippen molar-refractivity contribution < 1.29 is 23.9 Å². The van der Waals surface area contributed by atoms with E-state index in [1.165, 1.54) is 11.0 Å². The van der Waals surface area contributed by atoms with Crippen LogP contribution in [0.15, 0.2) is 30.9 Å². The highest BCUT2D eigenvalue weighted by molar-refractivity contribution is 5.92. The van der Waals surface area contributed by atoms with Gasteiger partial charge in [0.15, 0.2) is 0 Å². The van der Waals surface area contributed by atoms with Gasteiger partial charge in [0.1, 0.15) is 17.7 Å². The number of nitrogens with two attached hydrogens (primary N) is 1. The molecule has 0 aliphatic heterocycles. The summed E-state index contributed by atoms with van der Waals surface area (Å²) in [5.74, 6) is -1.49. The summed E-state index contributed by atoms with van der Waals surface area (Å²) in [7, 11) is 0. The predicted octanol–water partition coefficient (Wildman–Crippen LogP) is 3.82. The summed E-state index contributed by atoms with van der Waals surface area (Å²) in [6.07, 6.45) is 3.34. The zero-order valence-electron chi connectivity index (χ0n) is 23.2. The average Bonchev–Trinajstić information content (AvgIpc) is 2.76. The number of unbranched alkanes of at least 4 members (excludes halogenated alkanes) is 2. The Morgan fingerprint density at radius 3 is 2.24 bits per heavy atom. The van der Waals surface area contributed by atoms with Crippen LogP contribution in [0.4, 0.5) is 4.79 Å². The van der Waals surface area contributed by atoms with Crippen LogP contribution in [0.25, 0.3) is 0 Å². The van der Waals surface area contributed by atoms with Gasteiger partial charge in [0.25, 0.3) is 0 Å². The van der Waals surface area contributed by atoms with Gasteiger partial charge in [-0.25, -0.2) is 4.79 Å². The van der Waals surface area contributed by atoms with Crippen LogP contribution >= 0.6 is 0 Å². The molecule has 0 aliphatic rings. The predicted molar refractivity (Wildman–Crippen MR) is 145 cm³/mol. The van der Waals surface area contributed by atoms with Crippen molar-refractivity contribution in [2.45, 2.75) is 91.3 Å². The Bertz CT molecular complexity index is 934. The maximum Gasteiger partial charge on any atom is 0.408 e. The third kappa shape index (κ3) is 11.5. The molecule has 37 heavy (non-hydrogen) atoms. The lowest BCUT2D eigenvalue weighted by atomic mass is 9.98. The molecule has 0 saturated heterocycles. The summed E-state index contributed by atoms with van der Waals surface area (Å²) < 4.78 is 5.33. The molecule has 2 unspecified atom stereocenters. The van der Waals surface area contributed by atoms with Crippen LogP contribution in [0.2, 0.25) is 0 Å². The van der Waals surface area contributed by atoms with Gasteiger partial charge in [0.05, 0.1) is 0 Å². The Hall–Kier alpha value is -3.36. The van der Waals surface area contributed by atoms with Gasteiger partial charge in [-0.15, -0.1) is 6.58 Å². The number of hydrogen-bond acceptors (Lipinski definition) is 5. The van der Waals surface area contributed by atoms with Gasteiger partial charge in [-0.2, -0.15) is 0 Å². The maximum absolute atomic E-state index is 13.9. The molecule has 206 valence electrons. The fourth-order valence-electron chi connectivity index (χ4n) is 3.98. The minimum atomic E-state index is -1.14. The van der Waals surface area contributed by atoms with Crippen molar-refractivity contribution in [1.29, 1.82) is 0 Å². The molecule has 1 aromatic carbocycles. The SMILES string of the molecule is C=CCN(C(=O)C(CCC(N)=O)NC(=O)OC(C)(C)C)C(C(=O)NCCCCC)c1cc(C)cc(C)c1. The van der Waals surface area contributed by atoms with Crippen LogP contribution in [-0.4, -0.2) is 53.4 Å². The number of amides is 4. The van der Waals surface area contributed by atoms with E-state index in [4.69, 9.17) is 10.5 Å². The van der Waals surface area contributed by atoms with Crippen molar-refractivity contribution in [3.8, 4) is 0 Å². The van der Waals surface area contributed by atoms with Crippen molar-refractivity contribution in [3.63, 3.8) is 0 Å². The van der Waals surface area contributed by atoms with E-state index in [1.54, 1.807) is 20.8 Å². The van der Waals surface area contributed by atoms with Crippen molar-refractivity contribution in [2.75, 3.05) is 13.1 Å². The van der Waals surface area contributed by atoms with Crippen LogP contribution < -0.4 is 16.4 Å². The van der Waals surface area contributed by atoms with Gasteiger partial charge >= 0.3 is 6.09 Å². The quantitative estimate of drug-likeness (QED) is 0.256. The molecule has 0 bridgehead atoms. The van der Waals surface area contributed by atoms with Gasteiger partial charge in [-0.05, 0) is 53.0 Å². The van der Waals surface area contributed by atoms with Crippen LogP contribution in [-0.2, 0) is 19.1 Å². The van der Waals surface area contributed by atoms with Crippen LogP contribution in [0.1, 0.15) is 82.5 Å². The van der Waals surface area contributed by atoms with Gasteiger partial charge in [0.2, 0.25) is 17.7 Å². The molecule has 0 aromatic heterocycles. The average molecular weight is 517 g/mol. The first kappa shape index (κ1) is 31.7. The zero-order valence-corrected chi connectivity index (χ0v) is 23.2. The number of carbonyl (C=O) groups is 4. The summed E-state index contributed by atoms with van der Waals surface area (Å²) in [5.41, 5.74) is 7.08. The molecule has 0 aliphatic carbocycles. The van der Waals surface area contributed by atoms with Crippen molar-refractivity contribution >= 4 is 23.8 Å². The van der Waals surface area contributed by atoms with Crippen LogP contribution in [0, 0.1) is 13.8 Å². The maximum atomic E-state index is 13.9. The number of carbonyl (C=O) groups excluding carboxylic acids is 4. The summed E-state index contributed by atoms with van der Waals surface area (Å²) >= 11 is 0. The van der Waals surface area contributed by atoms with E-state index in [1.807, 2.05) is 32.0 Å². The van der Waals surface area contributed by atoms with Crippen LogP contribution in [0.5, 0.6) is 0 Å². The number of nitrogens with zero attached hydrogens (tertiary/aromatic N) is 1. The zero-order chi connectivity index (χ0) is 28.2. The number of hydrogen-bond donors (Lipinski definition) is 3. The number of benzene rings is 1. The highest BCUT2D eigenvalue weighted by Gasteiger charge is 2.36. The van der Waals surface area contributed by atoms with E-state index in [-0.39, 0.29) is 25.3 Å². The number of ether oxygens (including phenoxy) is 1. The lowest BCUT2D eigenvalue weighted by Crippen LogP contribution is -2.53. The minimum absolute atomic E-state index is 0.0429. The Balaban J connectivity index is 3.44. The summed E-state index contributed by atoms with van der Waals surface area (Å²) in [5, 5.41) is 5.53. The minimum Gasteiger partial charge on any atom is -0.444 e. The smallest absolute Gasteiger partial charge is 0.408 e.